The van der Waals surface area contributed by atoms with Gasteiger partial charge in [0.25, 0.3) is 0 Å². The van der Waals surface area contributed by atoms with Gasteiger partial charge in [-0.3, -0.25) is 0 Å². The molecule has 0 saturated heterocycles. The quantitative estimate of drug-likeness (QED) is 0.858. The predicted molar refractivity (Wildman–Crippen MR) is 71.2 cm³/mol. The minimum atomic E-state index is -0.0379. The minimum absolute atomic E-state index is 0.0379. The zero-order chi connectivity index (χ0) is 12.3. The number of para-hydroxylation sites is 1. The highest BCUT2D eigenvalue weighted by atomic mass is 16.5. The molecule has 0 aliphatic carbocycles. The van der Waals surface area contributed by atoms with Gasteiger partial charge in [0.15, 0.2) is 0 Å². The maximum atomic E-state index is 6.29. The molecule has 2 N–H and O–H groups in total. The number of unbranched alkanes of at least 4 members (excludes halogenated alkanes) is 1. The van der Waals surface area contributed by atoms with Crippen LogP contribution in [0, 0.1) is 0 Å². The maximum Gasteiger partial charge on any atom is 0.124 e. The van der Waals surface area contributed by atoms with Crippen LogP contribution in [0.5, 0.6) is 5.75 Å². The minimum Gasteiger partial charge on any atom is -0.487 e. The number of fused-ring (bicyclic) bond motifs is 1. The van der Waals surface area contributed by atoms with Gasteiger partial charge in [0.05, 0.1) is 0 Å². The van der Waals surface area contributed by atoms with Crippen LogP contribution in [-0.2, 0) is 0 Å². The molecule has 0 fully saturated rings. The number of nitrogens with two attached hydrogens (primary N) is 1. The van der Waals surface area contributed by atoms with Crippen molar-refractivity contribution in [3.8, 4) is 5.75 Å². The number of ether oxygens (including phenoxy) is 1. The number of hydrogen-bond acceptors (Lipinski definition) is 2. The Morgan fingerprint density at radius 1 is 1.35 bits per heavy atom. The first kappa shape index (κ1) is 12.4. The molecule has 0 bridgehead atoms. The van der Waals surface area contributed by atoms with Crippen LogP contribution in [0.15, 0.2) is 24.3 Å². The van der Waals surface area contributed by atoms with Gasteiger partial charge >= 0.3 is 0 Å². The Balaban J connectivity index is 2.24. The lowest BCUT2D eigenvalue weighted by Gasteiger charge is -2.41. The Morgan fingerprint density at radius 2 is 2.12 bits per heavy atom. The highest BCUT2D eigenvalue weighted by molar-refractivity contribution is 5.38. The van der Waals surface area contributed by atoms with Gasteiger partial charge in [0.2, 0.25) is 0 Å². The first-order valence-corrected chi connectivity index (χ1v) is 6.74. The van der Waals surface area contributed by atoms with Crippen LogP contribution >= 0.6 is 0 Å². The van der Waals surface area contributed by atoms with Crippen molar-refractivity contribution in [3.63, 3.8) is 0 Å². The number of hydrogen-bond donors (Lipinski definition) is 1. The van der Waals surface area contributed by atoms with Crippen LogP contribution in [0.4, 0.5) is 0 Å². The van der Waals surface area contributed by atoms with Crippen molar-refractivity contribution in [2.24, 2.45) is 5.73 Å². The summed E-state index contributed by atoms with van der Waals surface area (Å²) >= 11 is 0. The fourth-order valence-electron chi connectivity index (χ4n) is 2.71. The fourth-order valence-corrected chi connectivity index (χ4v) is 2.71. The summed E-state index contributed by atoms with van der Waals surface area (Å²) in [5.41, 5.74) is 7.41. The molecule has 2 unspecified atom stereocenters. The van der Waals surface area contributed by atoms with Gasteiger partial charge in [-0.2, -0.15) is 0 Å². The zero-order valence-corrected chi connectivity index (χ0v) is 10.9. The van der Waals surface area contributed by atoms with Gasteiger partial charge in [-0.15, -0.1) is 0 Å². The van der Waals surface area contributed by atoms with Gasteiger partial charge in [-0.05, 0) is 25.3 Å². The van der Waals surface area contributed by atoms with Crippen molar-refractivity contribution in [1.29, 1.82) is 0 Å². The smallest absolute Gasteiger partial charge is 0.124 e. The van der Waals surface area contributed by atoms with Crippen LogP contribution in [0.3, 0.4) is 0 Å². The van der Waals surface area contributed by atoms with E-state index in [1.165, 1.54) is 12.8 Å². The largest absolute Gasteiger partial charge is 0.487 e. The van der Waals surface area contributed by atoms with E-state index < -0.39 is 0 Å². The molecule has 0 aromatic heterocycles. The highest BCUT2D eigenvalue weighted by Gasteiger charge is 2.37. The Kier molecular flexibility index (Phi) is 3.72. The fraction of sp³-hybridized carbons (Fsp3) is 0.600. The predicted octanol–water partition coefficient (Wildman–Crippen LogP) is 3.81. The van der Waals surface area contributed by atoms with Crippen molar-refractivity contribution in [2.75, 3.05) is 0 Å². The van der Waals surface area contributed by atoms with Crippen molar-refractivity contribution in [2.45, 2.75) is 57.6 Å². The molecule has 0 spiro atoms. The van der Waals surface area contributed by atoms with E-state index in [-0.39, 0.29) is 11.6 Å². The SMILES string of the molecule is CCCCC1(CC)CC(N)c2ccccc2O1. The summed E-state index contributed by atoms with van der Waals surface area (Å²) in [4.78, 5) is 0. The second kappa shape index (κ2) is 5.09. The molecular weight excluding hydrogens is 210 g/mol. The summed E-state index contributed by atoms with van der Waals surface area (Å²) in [5.74, 6) is 0.990. The molecule has 2 rings (SSSR count). The van der Waals surface area contributed by atoms with E-state index in [0.29, 0.717) is 0 Å². The molecule has 17 heavy (non-hydrogen) atoms. The Bertz CT molecular complexity index is 377. The third-order valence-electron chi connectivity index (χ3n) is 3.87. The van der Waals surface area contributed by atoms with Gasteiger partial charge in [-0.1, -0.05) is 38.5 Å². The molecule has 1 heterocycles. The first-order valence-electron chi connectivity index (χ1n) is 6.74. The Hall–Kier alpha value is -1.02. The van der Waals surface area contributed by atoms with E-state index in [9.17, 15) is 0 Å². The summed E-state index contributed by atoms with van der Waals surface area (Å²) < 4.78 is 6.26. The number of benzene rings is 1. The highest BCUT2D eigenvalue weighted by Crippen LogP contribution is 2.42. The molecular formula is C15H23NO. The lowest BCUT2D eigenvalue weighted by molar-refractivity contribution is 0.0217. The summed E-state index contributed by atoms with van der Waals surface area (Å²) in [7, 11) is 0. The van der Waals surface area contributed by atoms with Crippen molar-refractivity contribution in [3.05, 3.63) is 29.8 Å². The van der Waals surface area contributed by atoms with Gasteiger partial charge in [-0.25, -0.2) is 0 Å². The standard InChI is InChI=1S/C15H23NO/c1-3-5-10-15(4-2)11-13(16)12-8-6-7-9-14(12)17-15/h6-9,13H,3-5,10-11,16H2,1-2H3. The molecule has 94 valence electrons. The molecule has 0 saturated carbocycles. The zero-order valence-electron chi connectivity index (χ0n) is 10.9. The number of rotatable bonds is 4. The average Bonchev–Trinajstić information content (AvgIpc) is 2.36. The van der Waals surface area contributed by atoms with E-state index in [0.717, 1.165) is 30.6 Å². The lowest BCUT2D eigenvalue weighted by Crippen LogP contribution is -2.42. The molecule has 0 amide bonds. The van der Waals surface area contributed by atoms with Crippen LogP contribution in [0.25, 0.3) is 0 Å². The first-order chi connectivity index (χ1) is 8.21. The molecule has 1 aromatic carbocycles. The van der Waals surface area contributed by atoms with Gasteiger partial charge < -0.3 is 10.5 Å². The van der Waals surface area contributed by atoms with Crippen molar-refractivity contribution in [1.82, 2.24) is 0 Å². The Morgan fingerprint density at radius 3 is 2.82 bits per heavy atom. The third-order valence-corrected chi connectivity index (χ3v) is 3.87. The van der Waals surface area contributed by atoms with Crippen molar-refractivity contribution >= 4 is 0 Å². The van der Waals surface area contributed by atoms with E-state index >= 15 is 0 Å². The third kappa shape index (κ3) is 2.47. The van der Waals surface area contributed by atoms with Crippen LogP contribution in [0.2, 0.25) is 0 Å². The van der Waals surface area contributed by atoms with Crippen molar-refractivity contribution < 1.29 is 4.74 Å². The molecule has 2 nitrogen and oxygen atoms in total. The normalized spacial score (nSPS) is 27.4. The summed E-state index contributed by atoms with van der Waals surface area (Å²) in [6.45, 7) is 4.43. The topological polar surface area (TPSA) is 35.2 Å². The lowest BCUT2D eigenvalue weighted by atomic mass is 9.82. The van der Waals surface area contributed by atoms with E-state index in [1.807, 2.05) is 18.2 Å². The van der Waals surface area contributed by atoms with Crippen LogP contribution in [-0.4, -0.2) is 5.60 Å². The second-order valence-corrected chi connectivity index (χ2v) is 5.09. The van der Waals surface area contributed by atoms with Gasteiger partial charge in [0, 0.05) is 18.0 Å². The molecule has 0 radical (unpaired) electrons. The summed E-state index contributed by atoms with van der Waals surface area (Å²) in [6.07, 6.45) is 5.52. The maximum absolute atomic E-state index is 6.29. The van der Waals surface area contributed by atoms with E-state index in [2.05, 4.69) is 19.9 Å². The summed E-state index contributed by atoms with van der Waals surface area (Å²) in [6, 6.07) is 8.31. The van der Waals surface area contributed by atoms with Crippen LogP contribution in [0.1, 0.15) is 57.6 Å². The molecule has 1 aromatic rings. The molecule has 2 heteroatoms. The second-order valence-electron chi connectivity index (χ2n) is 5.09. The van der Waals surface area contributed by atoms with Gasteiger partial charge in [0.1, 0.15) is 11.4 Å². The Labute approximate surface area is 104 Å². The molecule has 2 atom stereocenters. The van der Waals surface area contributed by atoms with E-state index in [1.54, 1.807) is 0 Å². The monoisotopic (exact) mass is 233 g/mol. The average molecular weight is 233 g/mol. The van der Waals surface area contributed by atoms with Crippen LogP contribution < -0.4 is 10.5 Å². The molecule has 1 aliphatic rings. The molecule has 1 aliphatic heterocycles. The van der Waals surface area contributed by atoms with E-state index in [4.69, 9.17) is 10.5 Å². The summed E-state index contributed by atoms with van der Waals surface area (Å²) in [5, 5.41) is 0.